The average Bonchev–Trinajstić information content (AvgIpc) is 3.40. The zero-order valence-corrected chi connectivity index (χ0v) is 18.0. The van der Waals surface area contributed by atoms with Crippen LogP contribution in [-0.2, 0) is 0 Å². The van der Waals surface area contributed by atoms with Gasteiger partial charge in [-0.1, -0.05) is 0 Å². The second-order valence-corrected chi connectivity index (χ2v) is 8.20. The van der Waals surface area contributed by atoms with Gasteiger partial charge < -0.3 is 9.32 Å². The quantitative estimate of drug-likeness (QED) is 0.460. The molecule has 0 bridgehead atoms. The molecule has 0 radical (unpaired) electrons. The molecule has 7 heteroatoms. The number of carbonyl (C=O) groups excluding carboxylic acids is 1. The van der Waals surface area contributed by atoms with Crippen LogP contribution in [0.15, 0.2) is 47.3 Å². The first-order valence-electron chi connectivity index (χ1n) is 10.6. The number of aryl methyl sites for hydroxylation is 2. The molecular formula is C24H25N5O2. The van der Waals surface area contributed by atoms with Gasteiger partial charge in [-0.25, -0.2) is 4.98 Å². The monoisotopic (exact) mass is 415 g/mol. The summed E-state index contributed by atoms with van der Waals surface area (Å²) < 4.78 is 7.40. The van der Waals surface area contributed by atoms with E-state index in [4.69, 9.17) is 14.5 Å². The number of pyridine rings is 1. The largest absolute Gasteiger partial charge is 0.469 e. The fourth-order valence-electron chi connectivity index (χ4n) is 4.43. The van der Waals surface area contributed by atoms with Gasteiger partial charge in [-0.05, 0) is 51.8 Å². The molecule has 31 heavy (non-hydrogen) atoms. The van der Waals surface area contributed by atoms with E-state index in [1.165, 1.54) is 0 Å². The fraction of sp³-hybridized carbons (Fsp3) is 0.333. The molecular weight excluding hydrogens is 390 g/mol. The van der Waals surface area contributed by atoms with Gasteiger partial charge in [0.1, 0.15) is 11.6 Å². The summed E-state index contributed by atoms with van der Waals surface area (Å²) in [5, 5.41) is 4.87. The van der Waals surface area contributed by atoms with E-state index in [0.717, 1.165) is 65.7 Å². The minimum Gasteiger partial charge on any atom is -0.469 e. The van der Waals surface area contributed by atoms with E-state index in [1.54, 1.807) is 18.7 Å². The number of furan rings is 1. The Kier molecular flexibility index (Phi) is 4.81. The normalized spacial score (nSPS) is 15.0. The lowest BCUT2D eigenvalue weighted by Gasteiger charge is -2.34. The highest BCUT2D eigenvalue weighted by molar-refractivity contribution is 5.97. The second-order valence-electron chi connectivity index (χ2n) is 8.20. The number of ketones is 1. The Bertz CT molecular complexity index is 1250. The molecule has 0 spiro atoms. The van der Waals surface area contributed by atoms with Gasteiger partial charge in [-0.15, -0.1) is 0 Å². The number of fused-ring (bicyclic) bond motifs is 1. The third kappa shape index (κ3) is 3.40. The molecule has 0 aromatic carbocycles. The molecule has 1 fully saturated rings. The predicted molar refractivity (Wildman–Crippen MR) is 118 cm³/mol. The van der Waals surface area contributed by atoms with Crippen molar-refractivity contribution in [1.82, 2.24) is 19.6 Å². The minimum absolute atomic E-state index is 0.0287. The lowest BCUT2D eigenvalue weighted by Crippen LogP contribution is -2.38. The lowest BCUT2D eigenvalue weighted by molar-refractivity contribution is 0.0900. The van der Waals surface area contributed by atoms with Gasteiger partial charge in [0.05, 0.1) is 12.0 Å². The van der Waals surface area contributed by atoms with Crippen LogP contribution in [0.1, 0.15) is 40.2 Å². The van der Waals surface area contributed by atoms with Gasteiger partial charge in [0.2, 0.25) is 0 Å². The van der Waals surface area contributed by atoms with E-state index >= 15 is 0 Å². The fourth-order valence-corrected chi connectivity index (χ4v) is 4.43. The van der Waals surface area contributed by atoms with Crippen molar-refractivity contribution in [3.63, 3.8) is 0 Å². The Balaban J connectivity index is 1.45. The van der Waals surface area contributed by atoms with Crippen LogP contribution in [-0.4, -0.2) is 38.5 Å². The van der Waals surface area contributed by atoms with Crippen molar-refractivity contribution >= 4 is 17.2 Å². The molecule has 0 aliphatic carbocycles. The Morgan fingerprint density at radius 1 is 1.16 bits per heavy atom. The standard InChI is InChI=1S/C24H25N5O2/c1-15-16(2)26-22-13-21(20-8-12-31-17(20)3)27-29(22)24(15)28-10-6-18(7-11-28)23(30)19-5-4-9-25-14-19/h4-5,8-9,12-14,18H,6-7,10-11H2,1-3H3. The summed E-state index contributed by atoms with van der Waals surface area (Å²) in [5.74, 6) is 2.12. The number of Topliss-reactive ketones (excluding diaryl/α,β-unsaturated/α-hetero) is 1. The Morgan fingerprint density at radius 3 is 2.65 bits per heavy atom. The maximum Gasteiger partial charge on any atom is 0.167 e. The maximum absolute atomic E-state index is 12.8. The van der Waals surface area contributed by atoms with Crippen LogP contribution in [0.25, 0.3) is 16.9 Å². The maximum atomic E-state index is 12.8. The van der Waals surface area contributed by atoms with Crippen LogP contribution in [0.4, 0.5) is 5.82 Å². The highest BCUT2D eigenvalue weighted by Crippen LogP contribution is 2.31. The molecule has 1 saturated heterocycles. The Morgan fingerprint density at radius 2 is 1.97 bits per heavy atom. The Labute approximate surface area is 180 Å². The summed E-state index contributed by atoms with van der Waals surface area (Å²) in [6.07, 6.45) is 6.67. The molecule has 0 unspecified atom stereocenters. The van der Waals surface area contributed by atoms with Crippen molar-refractivity contribution in [2.24, 2.45) is 5.92 Å². The molecule has 0 atom stereocenters. The van der Waals surface area contributed by atoms with Crippen LogP contribution in [0, 0.1) is 26.7 Å². The first-order valence-corrected chi connectivity index (χ1v) is 10.6. The topological polar surface area (TPSA) is 76.5 Å². The summed E-state index contributed by atoms with van der Waals surface area (Å²) in [6, 6.07) is 7.61. The van der Waals surface area contributed by atoms with Gasteiger partial charge in [0, 0.05) is 59.9 Å². The second kappa shape index (κ2) is 7.65. The lowest BCUT2D eigenvalue weighted by atomic mass is 9.89. The smallest absolute Gasteiger partial charge is 0.167 e. The summed E-state index contributed by atoms with van der Waals surface area (Å²) in [4.78, 5) is 24.0. The molecule has 7 nitrogen and oxygen atoms in total. The number of rotatable bonds is 4. The van der Waals surface area contributed by atoms with E-state index in [1.807, 2.05) is 42.6 Å². The molecule has 4 aromatic rings. The van der Waals surface area contributed by atoms with E-state index < -0.39 is 0 Å². The van der Waals surface area contributed by atoms with Crippen molar-refractivity contribution < 1.29 is 9.21 Å². The highest BCUT2D eigenvalue weighted by atomic mass is 16.3. The molecule has 158 valence electrons. The molecule has 0 saturated carbocycles. The predicted octanol–water partition coefficient (Wildman–Crippen LogP) is 4.41. The average molecular weight is 415 g/mol. The summed E-state index contributed by atoms with van der Waals surface area (Å²) in [7, 11) is 0. The van der Waals surface area contributed by atoms with E-state index in [0.29, 0.717) is 5.56 Å². The van der Waals surface area contributed by atoms with Crippen LogP contribution >= 0.6 is 0 Å². The van der Waals surface area contributed by atoms with Gasteiger partial charge >= 0.3 is 0 Å². The van der Waals surface area contributed by atoms with Crippen molar-refractivity contribution in [3.05, 3.63) is 65.5 Å². The number of piperidine rings is 1. The molecule has 1 aliphatic heterocycles. The van der Waals surface area contributed by atoms with Gasteiger partial charge in [-0.2, -0.15) is 9.61 Å². The van der Waals surface area contributed by atoms with Crippen LogP contribution in [0.3, 0.4) is 0 Å². The van der Waals surface area contributed by atoms with Gasteiger partial charge in [0.25, 0.3) is 0 Å². The van der Waals surface area contributed by atoms with Crippen molar-refractivity contribution in [1.29, 1.82) is 0 Å². The molecule has 5 rings (SSSR count). The van der Waals surface area contributed by atoms with Crippen molar-refractivity contribution in [2.75, 3.05) is 18.0 Å². The number of hydrogen-bond donors (Lipinski definition) is 0. The van der Waals surface area contributed by atoms with Crippen LogP contribution < -0.4 is 4.90 Å². The molecule has 1 aliphatic rings. The number of anilines is 1. The third-order valence-corrected chi connectivity index (χ3v) is 6.30. The Hall–Kier alpha value is -3.48. The third-order valence-electron chi connectivity index (χ3n) is 6.30. The van der Waals surface area contributed by atoms with E-state index in [2.05, 4.69) is 16.8 Å². The molecule has 0 N–H and O–H groups in total. The zero-order valence-electron chi connectivity index (χ0n) is 18.0. The summed E-state index contributed by atoms with van der Waals surface area (Å²) >= 11 is 0. The SMILES string of the molecule is Cc1nc2cc(-c3ccoc3C)nn2c(N2CCC(C(=O)c3cccnc3)CC2)c1C. The van der Waals surface area contributed by atoms with Crippen molar-refractivity contribution in [3.8, 4) is 11.3 Å². The van der Waals surface area contributed by atoms with Gasteiger partial charge in [-0.3, -0.25) is 9.78 Å². The van der Waals surface area contributed by atoms with E-state index in [-0.39, 0.29) is 11.7 Å². The van der Waals surface area contributed by atoms with Crippen LogP contribution in [0.2, 0.25) is 0 Å². The number of nitrogens with zero attached hydrogens (tertiary/aromatic N) is 5. The minimum atomic E-state index is 0.0287. The van der Waals surface area contributed by atoms with E-state index in [9.17, 15) is 4.79 Å². The zero-order chi connectivity index (χ0) is 21.5. The van der Waals surface area contributed by atoms with Crippen molar-refractivity contribution in [2.45, 2.75) is 33.6 Å². The number of aromatic nitrogens is 4. The number of carbonyl (C=O) groups is 1. The first-order chi connectivity index (χ1) is 15.0. The summed E-state index contributed by atoms with van der Waals surface area (Å²) in [5.41, 5.74) is 5.46. The molecule has 0 amide bonds. The van der Waals surface area contributed by atoms with Gasteiger partial charge in [0.15, 0.2) is 11.4 Å². The van der Waals surface area contributed by atoms with Crippen LogP contribution in [0.5, 0.6) is 0 Å². The first kappa shape index (κ1) is 19.5. The highest BCUT2D eigenvalue weighted by Gasteiger charge is 2.28. The number of hydrogen-bond acceptors (Lipinski definition) is 6. The summed E-state index contributed by atoms with van der Waals surface area (Å²) in [6.45, 7) is 7.67. The molecule has 4 aromatic heterocycles. The molecule has 5 heterocycles.